The molecule has 0 saturated carbocycles. The number of nitrogens with two attached hydrogens (primary N) is 1. The lowest BCUT2D eigenvalue weighted by Crippen LogP contribution is -2.31. The molecule has 1 atom stereocenters. The number of likely N-dealkylation sites (tertiary alicyclic amines) is 1. The van der Waals surface area contributed by atoms with Gasteiger partial charge in [0.15, 0.2) is 0 Å². The van der Waals surface area contributed by atoms with Gasteiger partial charge >= 0.3 is 0 Å². The Morgan fingerprint density at radius 2 is 2.20 bits per heavy atom. The summed E-state index contributed by atoms with van der Waals surface area (Å²) < 4.78 is 13.9. The number of amides is 2. The molecule has 0 bridgehead atoms. The van der Waals surface area contributed by atoms with E-state index in [4.69, 9.17) is 5.73 Å². The van der Waals surface area contributed by atoms with Crippen LogP contribution in [-0.4, -0.2) is 29.8 Å². The predicted molar refractivity (Wildman–Crippen MR) is 76.3 cm³/mol. The molecule has 2 N–H and O–H groups in total. The standard InChI is InChI=1S/C14H16BrFN2O2/c15-12-3-2-11(16)7-9(12)1-4-13(19)18-6-5-10(8-18)14(17)20/h2-3,7,10H,1,4-6,8H2,(H2,17,20). The normalized spacial score (nSPS) is 18.3. The van der Waals surface area contributed by atoms with Crippen molar-refractivity contribution < 1.29 is 14.0 Å². The van der Waals surface area contributed by atoms with Crippen LogP contribution in [0.25, 0.3) is 0 Å². The van der Waals surface area contributed by atoms with Crippen molar-refractivity contribution >= 4 is 27.7 Å². The van der Waals surface area contributed by atoms with Crippen molar-refractivity contribution in [3.05, 3.63) is 34.1 Å². The van der Waals surface area contributed by atoms with Crippen molar-refractivity contribution in [2.75, 3.05) is 13.1 Å². The maximum absolute atomic E-state index is 13.1. The summed E-state index contributed by atoms with van der Waals surface area (Å²) in [6, 6.07) is 4.43. The number of halogens is 2. The van der Waals surface area contributed by atoms with Gasteiger partial charge in [-0.1, -0.05) is 15.9 Å². The molecule has 1 aliphatic rings. The Balaban J connectivity index is 1.90. The zero-order chi connectivity index (χ0) is 14.7. The Morgan fingerprint density at radius 1 is 1.45 bits per heavy atom. The first-order valence-electron chi connectivity index (χ1n) is 6.48. The van der Waals surface area contributed by atoms with Gasteiger partial charge in [-0.2, -0.15) is 0 Å². The lowest BCUT2D eigenvalue weighted by molar-refractivity contribution is -0.130. The maximum atomic E-state index is 13.1. The van der Waals surface area contributed by atoms with Gasteiger partial charge in [-0.05, 0) is 36.6 Å². The van der Waals surface area contributed by atoms with Gasteiger partial charge in [-0.3, -0.25) is 9.59 Å². The fourth-order valence-electron chi connectivity index (χ4n) is 2.35. The summed E-state index contributed by atoms with van der Waals surface area (Å²) in [5.74, 6) is -0.927. The molecule has 1 aromatic carbocycles. The molecule has 1 aromatic rings. The van der Waals surface area contributed by atoms with E-state index in [1.165, 1.54) is 12.1 Å². The minimum atomic E-state index is -0.354. The Labute approximate surface area is 125 Å². The van der Waals surface area contributed by atoms with Crippen molar-refractivity contribution in [2.45, 2.75) is 19.3 Å². The number of hydrogen-bond acceptors (Lipinski definition) is 2. The van der Waals surface area contributed by atoms with Crippen LogP contribution in [0.4, 0.5) is 4.39 Å². The van der Waals surface area contributed by atoms with E-state index in [-0.39, 0.29) is 23.5 Å². The third kappa shape index (κ3) is 3.56. The maximum Gasteiger partial charge on any atom is 0.222 e. The lowest BCUT2D eigenvalue weighted by atomic mass is 10.1. The van der Waals surface area contributed by atoms with Crippen LogP contribution in [0.5, 0.6) is 0 Å². The molecule has 1 unspecified atom stereocenters. The molecular weight excluding hydrogens is 327 g/mol. The minimum Gasteiger partial charge on any atom is -0.369 e. The molecule has 1 saturated heterocycles. The summed E-state index contributed by atoms with van der Waals surface area (Å²) in [4.78, 5) is 24.8. The Bertz CT molecular complexity index is 536. The van der Waals surface area contributed by atoms with Crippen molar-refractivity contribution in [3.8, 4) is 0 Å². The smallest absolute Gasteiger partial charge is 0.222 e. The summed E-state index contributed by atoms with van der Waals surface area (Å²) in [6.45, 7) is 0.968. The Morgan fingerprint density at radius 3 is 2.85 bits per heavy atom. The van der Waals surface area contributed by atoms with Gasteiger partial charge in [0, 0.05) is 24.0 Å². The molecular formula is C14H16BrFN2O2. The first-order valence-corrected chi connectivity index (χ1v) is 7.27. The average molecular weight is 343 g/mol. The van der Waals surface area contributed by atoms with E-state index in [9.17, 15) is 14.0 Å². The van der Waals surface area contributed by atoms with Gasteiger partial charge in [0.1, 0.15) is 5.82 Å². The van der Waals surface area contributed by atoms with E-state index in [0.29, 0.717) is 32.4 Å². The summed E-state index contributed by atoms with van der Waals surface area (Å²) in [5, 5.41) is 0. The zero-order valence-electron chi connectivity index (χ0n) is 10.9. The monoisotopic (exact) mass is 342 g/mol. The number of rotatable bonds is 4. The summed E-state index contributed by atoms with van der Waals surface area (Å²) in [5.41, 5.74) is 6.00. The molecule has 0 aliphatic carbocycles. The van der Waals surface area contributed by atoms with Crippen molar-refractivity contribution in [3.63, 3.8) is 0 Å². The highest BCUT2D eigenvalue weighted by Gasteiger charge is 2.29. The number of benzene rings is 1. The molecule has 2 amide bonds. The van der Waals surface area contributed by atoms with Gasteiger partial charge < -0.3 is 10.6 Å². The molecule has 1 heterocycles. The van der Waals surface area contributed by atoms with Gasteiger partial charge in [0.2, 0.25) is 11.8 Å². The predicted octanol–water partition coefficient (Wildman–Crippen LogP) is 1.85. The van der Waals surface area contributed by atoms with Crippen LogP contribution in [0.3, 0.4) is 0 Å². The van der Waals surface area contributed by atoms with E-state index >= 15 is 0 Å². The molecule has 2 rings (SSSR count). The second-order valence-electron chi connectivity index (χ2n) is 4.96. The number of carbonyl (C=O) groups is 2. The largest absolute Gasteiger partial charge is 0.369 e. The quantitative estimate of drug-likeness (QED) is 0.907. The van der Waals surface area contributed by atoms with Gasteiger partial charge in [-0.15, -0.1) is 0 Å². The van der Waals surface area contributed by atoms with Gasteiger partial charge in [0.05, 0.1) is 5.92 Å². The van der Waals surface area contributed by atoms with E-state index in [2.05, 4.69) is 15.9 Å². The van der Waals surface area contributed by atoms with Crippen molar-refractivity contribution in [1.82, 2.24) is 4.90 Å². The highest BCUT2D eigenvalue weighted by molar-refractivity contribution is 9.10. The molecule has 0 aromatic heterocycles. The molecule has 108 valence electrons. The van der Waals surface area contributed by atoms with Gasteiger partial charge in [0.25, 0.3) is 0 Å². The minimum absolute atomic E-state index is 0.0232. The second kappa shape index (κ2) is 6.35. The Kier molecular flexibility index (Phi) is 4.75. The molecule has 1 aliphatic heterocycles. The topological polar surface area (TPSA) is 63.4 Å². The highest BCUT2D eigenvalue weighted by atomic mass is 79.9. The van der Waals surface area contributed by atoms with Crippen LogP contribution >= 0.6 is 15.9 Å². The molecule has 1 fully saturated rings. The number of nitrogens with zero attached hydrogens (tertiary/aromatic N) is 1. The number of aryl methyl sites for hydroxylation is 1. The van der Waals surface area contributed by atoms with Crippen LogP contribution < -0.4 is 5.73 Å². The first kappa shape index (κ1) is 15.0. The van der Waals surface area contributed by atoms with Crippen molar-refractivity contribution in [2.24, 2.45) is 11.7 Å². The SMILES string of the molecule is NC(=O)C1CCN(C(=O)CCc2cc(F)ccc2Br)C1. The van der Waals surface area contributed by atoms with E-state index in [1.807, 2.05) is 0 Å². The van der Waals surface area contributed by atoms with Gasteiger partial charge in [-0.25, -0.2) is 4.39 Å². The Hall–Kier alpha value is -1.43. The third-order valence-corrected chi connectivity index (χ3v) is 4.33. The van der Waals surface area contributed by atoms with Crippen molar-refractivity contribution in [1.29, 1.82) is 0 Å². The first-order chi connectivity index (χ1) is 9.47. The van der Waals surface area contributed by atoms with Crippen LogP contribution in [0.15, 0.2) is 22.7 Å². The summed E-state index contributed by atoms with van der Waals surface area (Å²) in [7, 11) is 0. The second-order valence-corrected chi connectivity index (χ2v) is 5.82. The number of hydrogen-bond donors (Lipinski definition) is 1. The van der Waals surface area contributed by atoms with Crippen LogP contribution in [0.2, 0.25) is 0 Å². The molecule has 4 nitrogen and oxygen atoms in total. The average Bonchev–Trinajstić information content (AvgIpc) is 2.89. The number of primary amides is 1. The van der Waals surface area contributed by atoms with Crippen LogP contribution in [-0.2, 0) is 16.0 Å². The molecule has 0 spiro atoms. The lowest BCUT2D eigenvalue weighted by Gasteiger charge is -2.16. The fourth-order valence-corrected chi connectivity index (χ4v) is 2.80. The zero-order valence-corrected chi connectivity index (χ0v) is 12.5. The van der Waals surface area contributed by atoms with Crippen LogP contribution in [0.1, 0.15) is 18.4 Å². The summed E-state index contributed by atoms with van der Waals surface area (Å²) >= 11 is 3.34. The van der Waals surface area contributed by atoms with E-state index < -0.39 is 0 Å². The molecule has 0 radical (unpaired) electrons. The highest BCUT2D eigenvalue weighted by Crippen LogP contribution is 2.21. The van der Waals surface area contributed by atoms with Crippen LogP contribution in [0, 0.1) is 11.7 Å². The van der Waals surface area contributed by atoms with E-state index in [1.54, 1.807) is 11.0 Å². The number of carbonyl (C=O) groups excluding carboxylic acids is 2. The fraction of sp³-hybridized carbons (Fsp3) is 0.429. The van der Waals surface area contributed by atoms with E-state index in [0.717, 1.165) is 10.0 Å². The third-order valence-electron chi connectivity index (χ3n) is 3.56. The molecule has 20 heavy (non-hydrogen) atoms. The molecule has 6 heteroatoms. The summed E-state index contributed by atoms with van der Waals surface area (Å²) in [6.07, 6.45) is 1.40.